The van der Waals surface area contributed by atoms with Gasteiger partial charge in [0, 0.05) is 44.2 Å². The van der Waals surface area contributed by atoms with Gasteiger partial charge in [0.05, 0.1) is 12.4 Å². The maximum atomic E-state index is 12.3. The van der Waals surface area contributed by atoms with Crippen molar-refractivity contribution in [3.8, 4) is 0 Å². The molecule has 120 valence electrons. The molecule has 1 aromatic carbocycles. The Labute approximate surface area is 136 Å². The molecule has 0 radical (unpaired) electrons. The second kappa shape index (κ2) is 7.99. The molecule has 0 aliphatic carbocycles. The van der Waals surface area contributed by atoms with Gasteiger partial charge in [0.1, 0.15) is 0 Å². The van der Waals surface area contributed by atoms with Gasteiger partial charge in [-0.2, -0.15) is 0 Å². The van der Waals surface area contributed by atoms with Gasteiger partial charge in [0.25, 0.3) is 0 Å². The van der Waals surface area contributed by atoms with E-state index >= 15 is 0 Å². The average Bonchev–Trinajstić information content (AvgIpc) is 3.07. The highest BCUT2D eigenvalue weighted by Gasteiger charge is 2.24. The SMILES string of the molecule is O=C(CSc1ccccc1)N1CCN(C[C@@H]2CCOC2)CC1. The average molecular weight is 320 g/mol. The lowest BCUT2D eigenvalue weighted by molar-refractivity contribution is -0.130. The number of nitrogens with zero attached hydrogens (tertiary/aromatic N) is 2. The van der Waals surface area contributed by atoms with Crippen molar-refractivity contribution in [1.82, 2.24) is 9.80 Å². The molecule has 0 aromatic heterocycles. The number of rotatable bonds is 5. The maximum absolute atomic E-state index is 12.3. The van der Waals surface area contributed by atoms with Gasteiger partial charge in [0.2, 0.25) is 5.91 Å². The number of carbonyl (C=O) groups is 1. The van der Waals surface area contributed by atoms with E-state index in [2.05, 4.69) is 17.0 Å². The van der Waals surface area contributed by atoms with Gasteiger partial charge in [-0.15, -0.1) is 11.8 Å². The summed E-state index contributed by atoms with van der Waals surface area (Å²) in [5.41, 5.74) is 0. The van der Waals surface area contributed by atoms with Gasteiger partial charge in [0.15, 0.2) is 0 Å². The molecule has 2 aliphatic heterocycles. The van der Waals surface area contributed by atoms with Crippen LogP contribution in [0.2, 0.25) is 0 Å². The van der Waals surface area contributed by atoms with E-state index in [1.165, 1.54) is 6.42 Å². The minimum absolute atomic E-state index is 0.262. The van der Waals surface area contributed by atoms with Crippen LogP contribution in [0.4, 0.5) is 0 Å². The third-order valence-corrected chi connectivity index (χ3v) is 5.37. The molecule has 22 heavy (non-hydrogen) atoms. The van der Waals surface area contributed by atoms with Crippen LogP contribution in [0.3, 0.4) is 0 Å². The zero-order valence-corrected chi connectivity index (χ0v) is 13.8. The molecule has 0 bridgehead atoms. The fourth-order valence-corrected chi connectivity index (χ4v) is 3.85. The molecule has 1 amide bonds. The van der Waals surface area contributed by atoms with E-state index in [-0.39, 0.29) is 5.91 Å². The Morgan fingerprint density at radius 3 is 2.64 bits per heavy atom. The number of hydrogen-bond acceptors (Lipinski definition) is 4. The Kier molecular flexibility index (Phi) is 5.76. The first kappa shape index (κ1) is 15.8. The predicted molar refractivity (Wildman–Crippen MR) is 89.1 cm³/mol. The molecule has 1 aromatic rings. The number of carbonyl (C=O) groups excluding carboxylic acids is 1. The van der Waals surface area contributed by atoms with Crippen molar-refractivity contribution in [1.29, 1.82) is 0 Å². The van der Waals surface area contributed by atoms with E-state index in [0.717, 1.165) is 50.8 Å². The van der Waals surface area contributed by atoms with Gasteiger partial charge in [-0.25, -0.2) is 0 Å². The number of thioether (sulfide) groups is 1. The van der Waals surface area contributed by atoms with E-state index in [1.54, 1.807) is 11.8 Å². The minimum Gasteiger partial charge on any atom is -0.381 e. The third-order valence-electron chi connectivity index (χ3n) is 4.37. The second-order valence-electron chi connectivity index (χ2n) is 6.01. The number of amides is 1. The van der Waals surface area contributed by atoms with Crippen LogP contribution in [0, 0.1) is 5.92 Å². The van der Waals surface area contributed by atoms with Crippen LogP contribution in [0.15, 0.2) is 35.2 Å². The van der Waals surface area contributed by atoms with Gasteiger partial charge < -0.3 is 9.64 Å². The van der Waals surface area contributed by atoms with Gasteiger partial charge >= 0.3 is 0 Å². The first-order chi connectivity index (χ1) is 10.8. The molecule has 0 spiro atoms. The molecule has 1 atom stereocenters. The lowest BCUT2D eigenvalue weighted by Crippen LogP contribution is -2.50. The van der Waals surface area contributed by atoms with Crippen LogP contribution in [-0.4, -0.2) is 67.4 Å². The number of benzene rings is 1. The Balaban J connectivity index is 1.38. The van der Waals surface area contributed by atoms with Crippen LogP contribution in [0.25, 0.3) is 0 Å². The van der Waals surface area contributed by atoms with Crippen LogP contribution in [0.1, 0.15) is 6.42 Å². The van der Waals surface area contributed by atoms with E-state index in [4.69, 9.17) is 4.74 Å². The van der Waals surface area contributed by atoms with Crippen molar-refractivity contribution < 1.29 is 9.53 Å². The Morgan fingerprint density at radius 2 is 1.95 bits per heavy atom. The zero-order chi connectivity index (χ0) is 15.2. The van der Waals surface area contributed by atoms with Crippen molar-refractivity contribution in [2.24, 2.45) is 5.92 Å². The lowest BCUT2D eigenvalue weighted by Gasteiger charge is -2.35. The van der Waals surface area contributed by atoms with Crippen LogP contribution >= 0.6 is 11.8 Å². The van der Waals surface area contributed by atoms with E-state index in [9.17, 15) is 4.79 Å². The molecule has 0 N–H and O–H groups in total. The lowest BCUT2D eigenvalue weighted by atomic mass is 10.1. The first-order valence-electron chi connectivity index (χ1n) is 8.07. The monoisotopic (exact) mass is 320 g/mol. The van der Waals surface area contributed by atoms with Crippen LogP contribution < -0.4 is 0 Å². The standard InChI is InChI=1S/C17H24N2O2S/c20-17(14-22-16-4-2-1-3-5-16)19-9-7-18(8-10-19)12-15-6-11-21-13-15/h1-5,15H,6-14H2/t15-/m0/s1. The Hall–Kier alpha value is -1.04. The van der Waals surface area contributed by atoms with Crippen molar-refractivity contribution in [3.05, 3.63) is 30.3 Å². The van der Waals surface area contributed by atoms with Crippen molar-refractivity contribution >= 4 is 17.7 Å². The molecule has 2 aliphatic rings. The molecule has 2 saturated heterocycles. The molecular weight excluding hydrogens is 296 g/mol. The smallest absolute Gasteiger partial charge is 0.233 e. The second-order valence-corrected chi connectivity index (χ2v) is 7.06. The van der Waals surface area contributed by atoms with Gasteiger partial charge in [-0.05, 0) is 24.5 Å². The summed E-state index contributed by atoms with van der Waals surface area (Å²) in [6.45, 7) is 6.67. The van der Waals surface area contributed by atoms with Gasteiger partial charge in [-0.3, -0.25) is 9.69 Å². The van der Waals surface area contributed by atoms with Crippen molar-refractivity contribution in [3.63, 3.8) is 0 Å². The first-order valence-corrected chi connectivity index (χ1v) is 9.05. The normalized spacial score (nSPS) is 22.9. The number of hydrogen-bond donors (Lipinski definition) is 0. The molecule has 0 saturated carbocycles. The molecule has 0 unspecified atom stereocenters. The molecule has 3 rings (SSSR count). The van der Waals surface area contributed by atoms with E-state index in [1.807, 2.05) is 23.1 Å². The fraction of sp³-hybridized carbons (Fsp3) is 0.588. The summed E-state index contributed by atoms with van der Waals surface area (Å²) in [4.78, 5) is 17.9. The molecule has 2 fully saturated rings. The highest BCUT2D eigenvalue weighted by molar-refractivity contribution is 8.00. The van der Waals surface area contributed by atoms with Gasteiger partial charge in [-0.1, -0.05) is 18.2 Å². The summed E-state index contributed by atoms with van der Waals surface area (Å²) in [7, 11) is 0. The largest absolute Gasteiger partial charge is 0.381 e. The summed E-state index contributed by atoms with van der Waals surface area (Å²) in [6.07, 6.45) is 1.19. The highest BCUT2D eigenvalue weighted by Crippen LogP contribution is 2.19. The van der Waals surface area contributed by atoms with Crippen molar-refractivity contribution in [2.45, 2.75) is 11.3 Å². The van der Waals surface area contributed by atoms with E-state index in [0.29, 0.717) is 11.7 Å². The number of piperazine rings is 1. The minimum atomic E-state index is 0.262. The Bertz CT molecular complexity index is 469. The van der Waals surface area contributed by atoms with E-state index < -0.39 is 0 Å². The Morgan fingerprint density at radius 1 is 1.18 bits per heavy atom. The summed E-state index contributed by atoms with van der Waals surface area (Å²) >= 11 is 1.63. The topological polar surface area (TPSA) is 32.8 Å². The molecule has 2 heterocycles. The fourth-order valence-electron chi connectivity index (χ4n) is 3.03. The zero-order valence-electron chi connectivity index (χ0n) is 12.9. The predicted octanol–water partition coefficient (Wildman–Crippen LogP) is 1.96. The number of ether oxygens (including phenoxy) is 1. The quantitative estimate of drug-likeness (QED) is 0.777. The highest BCUT2D eigenvalue weighted by atomic mass is 32.2. The maximum Gasteiger partial charge on any atom is 0.233 e. The van der Waals surface area contributed by atoms with Crippen molar-refractivity contribution in [2.75, 3.05) is 51.7 Å². The summed E-state index contributed by atoms with van der Waals surface area (Å²) < 4.78 is 5.44. The third kappa shape index (κ3) is 4.48. The summed E-state index contributed by atoms with van der Waals surface area (Å²) in [6, 6.07) is 10.1. The van der Waals surface area contributed by atoms with Crippen LogP contribution in [-0.2, 0) is 9.53 Å². The molecular formula is C17H24N2O2S. The van der Waals surface area contributed by atoms with Crippen LogP contribution in [0.5, 0.6) is 0 Å². The molecule has 4 nitrogen and oxygen atoms in total. The summed E-state index contributed by atoms with van der Waals surface area (Å²) in [5, 5.41) is 0. The summed E-state index contributed by atoms with van der Waals surface area (Å²) in [5.74, 6) is 1.49. The molecule has 5 heteroatoms.